The summed E-state index contributed by atoms with van der Waals surface area (Å²) in [6.07, 6.45) is 1.54. The first-order chi connectivity index (χ1) is 8.93. The highest BCUT2D eigenvalue weighted by Gasteiger charge is 2.20. The molecule has 0 fully saturated rings. The maximum atomic E-state index is 9.29. The van der Waals surface area contributed by atoms with Gasteiger partial charge in [-0.3, -0.25) is 0 Å². The van der Waals surface area contributed by atoms with Gasteiger partial charge in [-0.05, 0) is 0 Å². The van der Waals surface area contributed by atoms with E-state index in [1.54, 1.807) is 10.9 Å². The maximum absolute atomic E-state index is 9.29. The van der Waals surface area contributed by atoms with Crippen molar-refractivity contribution in [2.45, 2.75) is 20.4 Å². The van der Waals surface area contributed by atoms with Gasteiger partial charge in [-0.25, -0.2) is 4.68 Å². The van der Waals surface area contributed by atoms with Crippen LogP contribution in [-0.4, -0.2) is 51.5 Å². The van der Waals surface area contributed by atoms with Crippen LogP contribution in [0.1, 0.15) is 13.8 Å². The molecule has 0 aliphatic carbocycles. The molecular formula is C12H24N4O3. The van der Waals surface area contributed by atoms with Gasteiger partial charge in [-0.1, -0.05) is 13.8 Å². The minimum absolute atomic E-state index is 0.0438. The van der Waals surface area contributed by atoms with Crippen LogP contribution in [0.25, 0.3) is 0 Å². The van der Waals surface area contributed by atoms with Crippen LogP contribution in [0.3, 0.4) is 0 Å². The minimum Gasteiger partial charge on any atom is -0.396 e. The van der Waals surface area contributed by atoms with Gasteiger partial charge in [0, 0.05) is 37.7 Å². The van der Waals surface area contributed by atoms with Crippen molar-refractivity contribution < 1.29 is 15.3 Å². The highest BCUT2D eigenvalue weighted by molar-refractivity contribution is 5.60. The third-order valence-corrected chi connectivity index (χ3v) is 2.95. The number of nitrogens with two attached hydrogens (primary N) is 1. The summed E-state index contributed by atoms with van der Waals surface area (Å²) in [7, 11) is 0. The normalized spacial score (nSPS) is 12.1. The Bertz CT molecular complexity index is 388. The van der Waals surface area contributed by atoms with Crippen LogP contribution in [0.2, 0.25) is 0 Å². The highest BCUT2D eigenvalue weighted by atomic mass is 16.3. The number of nitrogens with one attached hydrogen (secondary N) is 1. The van der Waals surface area contributed by atoms with Gasteiger partial charge in [0.15, 0.2) is 0 Å². The predicted octanol–water partition coefficient (Wildman–Crippen LogP) is -0.503. The van der Waals surface area contributed by atoms with Crippen molar-refractivity contribution in [3.05, 3.63) is 6.20 Å². The van der Waals surface area contributed by atoms with Crippen molar-refractivity contribution in [3.8, 4) is 0 Å². The summed E-state index contributed by atoms with van der Waals surface area (Å²) in [5.41, 5.74) is 6.04. The third kappa shape index (κ3) is 4.38. The molecule has 0 aromatic carbocycles. The Morgan fingerprint density at radius 1 is 1.37 bits per heavy atom. The summed E-state index contributed by atoms with van der Waals surface area (Å²) in [5.74, 6) is 0.405. The van der Waals surface area contributed by atoms with Crippen LogP contribution < -0.4 is 11.1 Å². The second-order valence-electron chi connectivity index (χ2n) is 5.54. The van der Waals surface area contributed by atoms with E-state index in [2.05, 4.69) is 10.4 Å². The lowest BCUT2D eigenvalue weighted by Gasteiger charge is -2.23. The monoisotopic (exact) mass is 272 g/mol. The number of nitrogen functional groups attached to an aromatic ring is 1. The van der Waals surface area contributed by atoms with Gasteiger partial charge < -0.3 is 26.4 Å². The molecule has 110 valence electrons. The van der Waals surface area contributed by atoms with Crippen LogP contribution >= 0.6 is 0 Å². The standard InChI is InChI=1S/C12H24N4O3/c1-12(2,8-19)7-16-11(10(13)4-15-16)14-3-9(5-17)6-18/h4,9,14,17-19H,3,5-8,13H2,1-2H3. The van der Waals surface area contributed by atoms with E-state index in [4.69, 9.17) is 15.9 Å². The molecule has 0 saturated heterocycles. The van der Waals surface area contributed by atoms with E-state index in [1.807, 2.05) is 13.8 Å². The molecule has 1 aromatic rings. The summed E-state index contributed by atoms with van der Waals surface area (Å²) in [5, 5.41) is 34.6. The number of rotatable bonds is 8. The first-order valence-electron chi connectivity index (χ1n) is 6.31. The summed E-state index contributed by atoms with van der Waals surface area (Å²) in [6, 6.07) is 0. The van der Waals surface area contributed by atoms with Crippen molar-refractivity contribution in [2.75, 3.05) is 37.4 Å². The molecule has 0 bridgehead atoms. The average molecular weight is 272 g/mol. The fourth-order valence-corrected chi connectivity index (χ4v) is 1.60. The largest absolute Gasteiger partial charge is 0.396 e. The molecular weight excluding hydrogens is 248 g/mol. The zero-order valence-corrected chi connectivity index (χ0v) is 11.5. The zero-order chi connectivity index (χ0) is 14.5. The number of hydrogen-bond donors (Lipinski definition) is 5. The van der Waals surface area contributed by atoms with Crippen LogP contribution in [-0.2, 0) is 6.54 Å². The molecule has 7 nitrogen and oxygen atoms in total. The molecule has 7 heteroatoms. The van der Waals surface area contributed by atoms with Gasteiger partial charge in [-0.2, -0.15) is 5.10 Å². The van der Waals surface area contributed by atoms with Gasteiger partial charge in [0.05, 0.1) is 18.4 Å². The summed E-state index contributed by atoms with van der Waals surface area (Å²) in [4.78, 5) is 0. The lowest BCUT2D eigenvalue weighted by Crippen LogP contribution is -2.27. The summed E-state index contributed by atoms with van der Waals surface area (Å²) >= 11 is 0. The fourth-order valence-electron chi connectivity index (χ4n) is 1.60. The Hall–Kier alpha value is -1.31. The van der Waals surface area contributed by atoms with E-state index < -0.39 is 0 Å². The Morgan fingerprint density at radius 3 is 2.53 bits per heavy atom. The van der Waals surface area contributed by atoms with Crippen molar-refractivity contribution in [3.63, 3.8) is 0 Å². The molecule has 0 aliphatic rings. The SMILES string of the molecule is CC(C)(CO)Cn1ncc(N)c1NCC(CO)CO. The number of aliphatic hydroxyl groups excluding tert-OH is 3. The van der Waals surface area contributed by atoms with Gasteiger partial charge in [0.25, 0.3) is 0 Å². The molecule has 1 heterocycles. The van der Waals surface area contributed by atoms with E-state index >= 15 is 0 Å². The summed E-state index contributed by atoms with van der Waals surface area (Å²) in [6.45, 7) is 4.63. The van der Waals surface area contributed by atoms with E-state index in [0.717, 1.165) is 0 Å². The first-order valence-corrected chi connectivity index (χ1v) is 6.31. The number of aliphatic hydroxyl groups is 3. The second kappa shape index (κ2) is 6.74. The van der Waals surface area contributed by atoms with E-state index in [1.165, 1.54) is 0 Å². The molecule has 0 radical (unpaired) electrons. The lowest BCUT2D eigenvalue weighted by atomic mass is 9.95. The topological polar surface area (TPSA) is 117 Å². The molecule has 0 unspecified atom stereocenters. The summed E-state index contributed by atoms with van der Waals surface area (Å²) < 4.78 is 1.69. The maximum Gasteiger partial charge on any atom is 0.147 e. The third-order valence-electron chi connectivity index (χ3n) is 2.95. The smallest absolute Gasteiger partial charge is 0.147 e. The predicted molar refractivity (Wildman–Crippen MR) is 73.7 cm³/mol. The quantitative estimate of drug-likeness (QED) is 0.435. The van der Waals surface area contributed by atoms with E-state index in [9.17, 15) is 5.11 Å². The number of hydrogen-bond acceptors (Lipinski definition) is 6. The van der Waals surface area contributed by atoms with Crippen molar-refractivity contribution in [1.29, 1.82) is 0 Å². The highest BCUT2D eigenvalue weighted by Crippen LogP contribution is 2.23. The molecule has 0 spiro atoms. The zero-order valence-electron chi connectivity index (χ0n) is 11.5. The van der Waals surface area contributed by atoms with Crippen molar-refractivity contribution in [2.24, 2.45) is 11.3 Å². The van der Waals surface area contributed by atoms with Crippen LogP contribution in [0.4, 0.5) is 11.5 Å². The number of aromatic nitrogens is 2. The van der Waals surface area contributed by atoms with Gasteiger partial charge in [0.1, 0.15) is 5.82 Å². The Balaban J connectivity index is 2.75. The van der Waals surface area contributed by atoms with Crippen molar-refractivity contribution >= 4 is 11.5 Å². The van der Waals surface area contributed by atoms with E-state index in [0.29, 0.717) is 24.6 Å². The Kier molecular flexibility index (Phi) is 5.59. The van der Waals surface area contributed by atoms with Gasteiger partial charge in [0.2, 0.25) is 0 Å². The number of anilines is 2. The Labute approximate surface area is 113 Å². The molecule has 19 heavy (non-hydrogen) atoms. The van der Waals surface area contributed by atoms with Crippen molar-refractivity contribution in [1.82, 2.24) is 9.78 Å². The fraction of sp³-hybridized carbons (Fsp3) is 0.750. The molecule has 1 rings (SSSR count). The molecule has 0 atom stereocenters. The van der Waals surface area contributed by atoms with Crippen LogP contribution in [0.5, 0.6) is 0 Å². The first kappa shape index (κ1) is 15.7. The van der Waals surface area contributed by atoms with Crippen LogP contribution in [0, 0.1) is 11.3 Å². The molecule has 0 saturated carbocycles. The molecule has 0 aliphatic heterocycles. The number of nitrogens with zero attached hydrogens (tertiary/aromatic N) is 2. The lowest BCUT2D eigenvalue weighted by molar-refractivity contribution is 0.137. The molecule has 0 amide bonds. The molecule has 6 N–H and O–H groups in total. The average Bonchev–Trinajstić information content (AvgIpc) is 2.71. The van der Waals surface area contributed by atoms with Gasteiger partial charge in [-0.15, -0.1) is 0 Å². The van der Waals surface area contributed by atoms with Gasteiger partial charge >= 0.3 is 0 Å². The molecule has 1 aromatic heterocycles. The van der Waals surface area contributed by atoms with Crippen LogP contribution in [0.15, 0.2) is 6.20 Å². The second-order valence-corrected chi connectivity index (χ2v) is 5.54. The minimum atomic E-state index is -0.303. The Morgan fingerprint density at radius 2 is 2.00 bits per heavy atom. The van der Waals surface area contributed by atoms with E-state index in [-0.39, 0.29) is 31.2 Å².